The maximum Gasteiger partial charge on any atom is 0.256 e. The molecule has 0 aromatic carbocycles. The van der Waals surface area contributed by atoms with Gasteiger partial charge in [0.15, 0.2) is 0 Å². The molecule has 2 atom stereocenters. The van der Waals surface area contributed by atoms with Gasteiger partial charge in [-0.15, -0.1) is 0 Å². The topological polar surface area (TPSA) is 87.1 Å². The van der Waals surface area contributed by atoms with Crippen LogP contribution < -0.4 is 5.73 Å². The monoisotopic (exact) mass is 402 g/mol. The Balaban J connectivity index is 1.83. The fourth-order valence-electron chi connectivity index (χ4n) is 2.10. The summed E-state index contributed by atoms with van der Waals surface area (Å²) in [6.45, 7) is 0.511. The molecule has 8 heteroatoms. The fourth-order valence-corrected chi connectivity index (χ4v) is 3.27. The molecule has 0 radical (unpaired) electrons. The van der Waals surface area contributed by atoms with E-state index >= 15 is 0 Å². The number of hydrogen-bond donors (Lipinski definition) is 1. The predicted octanol–water partition coefficient (Wildman–Crippen LogP) is 2.84. The van der Waals surface area contributed by atoms with Crippen LogP contribution in [0.5, 0.6) is 0 Å². The maximum absolute atomic E-state index is 5.73. The van der Waals surface area contributed by atoms with Crippen LogP contribution in [0.3, 0.4) is 0 Å². The normalized spacial score (nSPS) is 22.4. The van der Waals surface area contributed by atoms with Gasteiger partial charge in [0.05, 0.1) is 6.10 Å². The van der Waals surface area contributed by atoms with Crippen molar-refractivity contribution in [2.24, 2.45) is 5.73 Å². The highest BCUT2D eigenvalue weighted by molar-refractivity contribution is 9.11. The van der Waals surface area contributed by atoms with Crippen molar-refractivity contribution in [3.05, 3.63) is 27.1 Å². The van der Waals surface area contributed by atoms with E-state index in [9.17, 15) is 0 Å². The number of aromatic nitrogens is 3. The highest BCUT2D eigenvalue weighted by atomic mass is 79.9. The van der Waals surface area contributed by atoms with Gasteiger partial charge in [0.25, 0.3) is 5.89 Å². The summed E-state index contributed by atoms with van der Waals surface area (Å²) < 4.78 is 12.7. The number of rotatable bonds is 3. The number of nitrogens with two attached hydrogens (primary N) is 1. The first-order valence-electron chi connectivity index (χ1n) is 6.18. The average Bonchev–Trinajstić information content (AvgIpc) is 3.07. The second-order valence-corrected chi connectivity index (χ2v) is 6.27. The minimum atomic E-state index is -0.168. The first kappa shape index (κ1) is 14.1. The number of pyridine rings is 1. The molecule has 6 nitrogen and oxygen atoms in total. The maximum atomic E-state index is 5.73. The molecule has 2 aromatic rings. The molecule has 2 unspecified atom stereocenters. The zero-order valence-corrected chi connectivity index (χ0v) is 13.6. The molecule has 0 bridgehead atoms. The van der Waals surface area contributed by atoms with Crippen molar-refractivity contribution in [2.75, 3.05) is 6.54 Å². The van der Waals surface area contributed by atoms with E-state index in [-0.39, 0.29) is 12.2 Å². The molecule has 1 aliphatic heterocycles. The smallest absolute Gasteiger partial charge is 0.256 e. The van der Waals surface area contributed by atoms with E-state index in [0.717, 1.165) is 21.8 Å². The van der Waals surface area contributed by atoms with Gasteiger partial charge < -0.3 is 15.0 Å². The average molecular weight is 404 g/mol. The zero-order valence-electron chi connectivity index (χ0n) is 10.4. The molecule has 2 N–H and O–H groups in total. The van der Waals surface area contributed by atoms with Crippen molar-refractivity contribution in [3.63, 3.8) is 0 Å². The predicted molar refractivity (Wildman–Crippen MR) is 78.8 cm³/mol. The van der Waals surface area contributed by atoms with Crippen molar-refractivity contribution in [3.8, 4) is 11.5 Å². The molecule has 0 amide bonds. The molecular formula is C12H12Br2N4O2. The van der Waals surface area contributed by atoms with Crippen LogP contribution in [-0.4, -0.2) is 27.8 Å². The second kappa shape index (κ2) is 5.88. The van der Waals surface area contributed by atoms with Crippen molar-refractivity contribution in [1.29, 1.82) is 0 Å². The molecular weight excluding hydrogens is 392 g/mol. The Bertz CT molecular complexity index is 619. The quantitative estimate of drug-likeness (QED) is 0.847. The van der Waals surface area contributed by atoms with Gasteiger partial charge in [0.2, 0.25) is 5.82 Å². The number of hydrogen-bond acceptors (Lipinski definition) is 6. The zero-order chi connectivity index (χ0) is 14.1. The van der Waals surface area contributed by atoms with Gasteiger partial charge in [-0.2, -0.15) is 4.98 Å². The summed E-state index contributed by atoms with van der Waals surface area (Å²) >= 11 is 6.79. The van der Waals surface area contributed by atoms with Gasteiger partial charge in [-0.05, 0) is 50.8 Å². The summed E-state index contributed by atoms with van der Waals surface area (Å²) in [6.07, 6.45) is 3.36. The van der Waals surface area contributed by atoms with Gasteiger partial charge in [-0.3, -0.25) is 4.98 Å². The minimum Gasteiger partial charge on any atom is -0.364 e. The Kier molecular flexibility index (Phi) is 4.16. The van der Waals surface area contributed by atoms with Gasteiger partial charge in [0, 0.05) is 21.7 Å². The number of halogens is 2. The largest absolute Gasteiger partial charge is 0.364 e. The van der Waals surface area contributed by atoms with E-state index in [1.807, 2.05) is 6.07 Å². The molecule has 0 saturated carbocycles. The lowest BCUT2D eigenvalue weighted by molar-refractivity contribution is 0.0307. The third-order valence-corrected chi connectivity index (χ3v) is 4.15. The summed E-state index contributed by atoms with van der Waals surface area (Å²) in [5.41, 5.74) is 6.23. The molecule has 0 aliphatic carbocycles. The van der Waals surface area contributed by atoms with Crippen molar-refractivity contribution in [2.45, 2.75) is 25.0 Å². The second-order valence-electron chi connectivity index (χ2n) is 4.50. The highest BCUT2D eigenvalue weighted by Crippen LogP contribution is 2.33. The van der Waals surface area contributed by atoms with Gasteiger partial charge >= 0.3 is 0 Å². The lowest BCUT2D eigenvalue weighted by atomic mass is 10.2. The fraction of sp³-hybridized carbons (Fsp3) is 0.417. The molecule has 1 fully saturated rings. The molecule has 106 valence electrons. The molecule has 2 aromatic heterocycles. The lowest BCUT2D eigenvalue weighted by Crippen LogP contribution is -2.18. The van der Waals surface area contributed by atoms with E-state index in [2.05, 4.69) is 47.0 Å². The summed E-state index contributed by atoms with van der Waals surface area (Å²) in [5, 5.41) is 3.97. The van der Waals surface area contributed by atoms with Gasteiger partial charge in [-0.1, -0.05) is 5.16 Å². The first-order chi connectivity index (χ1) is 9.67. The molecule has 3 rings (SSSR count). The van der Waals surface area contributed by atoms with Crippen LogP contribution in [0.15, 0.2) is 25.7 Å². The summed E-state index contributed by atoms with van der Waals surface area (Å²) in [7, 11) is 0. The summed E-state index contributed by atoms with van der Waals surface area (Å²) in [4.78, 5) is 8.65. The van der Waals surface area contributed by atoms with Crippen molar-refractivity contribution in [1.82, 2.24) is 15.1 Å². The highest BCUT2D eigenvalue weighted by Gasteiger charge is 2.30. The molecule has 20 heavy (non-hydrogen) atoms. The van der Waals surface area contributed by atoms with E-state index in [1.165, 1.54) is 0 Å². The van der Waals surface area contributed by atoms with Crippen molar-refractivity contribution >= 4 is 31.9 Å². The Morgan fingerprint density at radius 3 is 2.90 bits per heavy atom. The van der Waals surface area contributed by atoms with E-state index in [0.29, 0.717) is 24.0 Å². The van der Waals surface area contributed by atoms with E-state index < -0.39 is 0 Å². The Hall–Kier alpha value is -0.830. The molecule has 1 saturated heterocycles. The Morgan fingerprint density at radius 1 is 1.35 bits per heavy atom. The van der Waals surface area contributed by atoms with Crippen LogP contribution in [0.4, 0.5) is 0 Å². The van der Waals surface area contributed by atoms with Crippen LogP contribution in [-0.2, 0) is 4.74 Å². The molecule has 0 spiro atoms. The molecule has 1 aliphatic rings. The number of ether oxygens (including phenoxy) is 1. The number of nitrogens with zero attached hydrogens (tertiary/aromatic N) is 3. The van der Waals surface area contributed by atoms with Gasteiger partial charge in [-0.25, -0.2) is 0 Å². The SMILES string of the molecule is NCC1CCC(c2nc(-c3ncc(Br)cc3Br)no2)O1. The standard InChI is InChI=1S/C12H12Br2N4O2/c13-6-3-8(14)10(16-5-6)11-17-12(20-18-11)9-2-1-7(4-15)19-9/h3,5,7,9H,1-2,4,15H2. The summed E-state index contributed by atoms with van der Waals surface area (Å²) in [5.74, 6) is 0.923. The van der Waals surface area contributed by atoms with E-state index in [4.69, 9.17) is 15.0 Å². The third-order valence-electron chi connectivity index (χ3n) is 3.11. The van der Waals surface area contributed by atoms with E-state index in [1.54, 1.807) is 6.20 Å². The minimum absolute atomic E-state index is 0.0768. The molecule has 3 heterocycles. The third kappa shape index (κ3) is 2.78. The van der Waals surface area contributed by atoms with Crippen LogP contribution >= 0.6 is 31.9 Å². The van der Waals surface area contributed by atoms with Crippen LogP contribution in [0.1, 0.15) is 24.8 Å². The van der Waals surface area contributed by atoms with Crippen LogP contribution in [0, 0.1) is 0 Å². The summed E-state index contributed by atoms with van der Waals surface area (Å²) in [6, 6.07) is 1.88. The van der Waals surface area contributed by atoms with Crippen LogP contribution in [0.25, 0.3) is 11.5 Å². The lowest BCUT2D eigenvalue weighted by Gasteiger charge is -2.07. The van der Waals surface area contributed by atoms with Gasteiger partial charge in [0.1, 0.15) is 11.8 Å². The first-order valence-corrected chi connectivity index (χ1v) is 7.76. The Labute approximate surface area is 132 Å². The Morgan fingerprint density at radius 2 is 2.20 bits per heavy atom. The van der Waals surface area contributed by atoms with Crippen LogP contribution in [0.2, 0.25) is 0 Å². The van der Waals surface area contributed by atoms with Crippen molar-refractivity contribution < 1.29 is 9.26 Å².